The summed E-state index contributed by atoms with van der Waals surface area (Å²) in [5.74, 6) is 1.03. The van der Waals surface area contributed by atoms with Crippen molar-refractivity contribution in [3.63, 3.8) is 0 Å². The van der Waals surface area contributed by atoms with E-state index in [4.69, 9.17) is 5.73 Å². The minimum absolute atomic E-state index is 0.226. The van der Waals surface area contributed by atoms with Gasteiger partial charge in [-0.05, 0) is 12.3 Å². The van der Waals surface area contributed by atoms with E-state index in [1.165, 1.54) is 38.5 Å². The highest BCUT2D eigenvalue weighted by molar-refractivity contribution is 5.80. The molecule has 0 saturated heterocycles. The molecule has 1 saturated carbocycles. The molecule has 0 spiro atoms. The van der Waals surface area contributed by atoms with E-state index < -0.39 is 0 Å². The average Bonchev–Trinajstić information content (AvgIpc) is 2.42. The minimum atomic E-state index is 0.226. The average molecular weight is 183 g/mol. The van der Waals surface area contributed by atoms with Crippen LogP contribution in [0.5, 0.6) is 0 Å². The van der Waals surface area contributed by atoms with Crippen LogP contribution < -0.4 is 5.73 Å². The summed E-state index contributed by atoms with van der Waals surface area (Å²) in [6.07, 6.45) is 9.96. The fourth-order valence-electron chi connectivity index (χ4n) is 2.12. The Kier molecular flexibility index (Phi) is 5.06. The van der Waals surface area contributed by atoms with E-state index in [0.717, 1.165) is 12.3 Å². The Morgan fingerprint density at radius 1 is 1.15 bits per heavy atom. The molecule has 0 radical (unpaired) electrons. The number of carbonyl (C=O) groups is 1. The monoisotopic (exact) mass is 183 g/mol. The lowest BCUT2D eigenvalue weighted by Gasteiger charge is -2.12. The predicted octanol–water partition coefficient (Wildman–Crippen LogP) is 2.26. The molecule has 2 nitrogen and oxygen atoms in total. The third-order valence-electron chi connectivity index (χ3n) is 3.03. The molecule has 0 aromatic heterocycles. The standard InChI is InChI=1S/C11H21NO/c12-9-11(13)8-7-10-5-3-1-2-4-6-10/h10H,1-9,12H2. The van der Waals surface area contributed by atoms with Gasteiger partial charge in [0.25, 0.3) is 0 Å². The van der Waals surface area contributed by atoms with Crippen molar-refractivity contribution >= 4 is 5.78 Å². The zero-order chi connectivity index (χ0) is 9.52. The maximum Gasteiger partial charge on any atom is 0.146 e. The molecule has 1 fully saturated rings. The number of hydrogen-bond donors (Lipinski definition) is 1. The normalized spacial score (nSPS) is 19.8. The summed E-state index contributed by atoms with van der Waals surface area (Å²) in [6.45, 7) is 0.229. The number of Topliss-reactive ketones (excluding diaryl/α,β-unsaturated/α-hetero) is 1. The first kappa shape index (κ1) is 10.7. The second-order valence-corrected chi connectivity index (χ2v) is 4.14. The van der Waals surface area contributed by atoms with Gasteiger partial charge in [0.2, 0.25) is 0 Å². The molecular weight excluding hydrogens is 162 g/mol. The van der Waals surface area contributed by atoms with Gasteiger partial charge in [0.15, 0.2) is 0 Å². The number of carbonyl (C=O) groups excluding carboxylic acids is 1. The molecule has 0 aromatic carbocycles. The summed E-state index contributed by atoms with van der Waals surface area (Å²) in [6, 6.07) is 0. The van der Waals surface area contributed by atoms with Crippen LogP contribution in [0.3, 0.4) is 0 Å². The van der Waals surface area contributed by atoms with Crippen molar-refractivity contribution in [1.29, 1.82) is 0 Å². The fraction of sp³-hybridized carbons (Fsp3) is 0.909. The summed E-state index contributed by atoms with van der Waals surface area (Å²) in [5.41, 5.74) is 5.27. The van der Waals surface area contributed by atoms with E-state index >= 15 is 0 Å². The molecule has 2 heteroatoms. The quantitative estimate of drug-likeness (QED) is 0.679. The highest BCUT2D eigenvalue weighted by atomic mass is 16.1. The Labute approximate surface area is 80.9 Å². The van der Waals surface area contributed by atoms with Gasteiger partial charge in [0.05, 0.1) is 6.54 Å². The van der Waals surface area contributed by atoms with Gasteiger partial charge in [-0.1, -0.05) is 38.5 Å². The molecule has 0 aromatic rings. The Balaban J connectivity index is 2.15. The van der Waals surface area contributed by atoms with Gasteiger partial charge in [-0.3, -0.25) is 4.79 Å². The van der Waals surface area contributed by atoms with Crippen molar-refractivity contribution in [1.82, 2.24) is 0 Å². The van der Waals surface area contributed by atoms with E-state index in [1.54, 1.807) is 0 Å². The second kappa shape index (κ2) is 6.14. The van der Waals surface area contributed by atoms with Crippen LogP contribution in [-0.2, 0) is 4.79 Å². The van der Waals surface area contributed by atoms with Crippen molar-refractivity contribution in [2.75, 3.05) is 6.54 Å². The highest BCUT2D eigenvalue weighted by Crippen LogP contribution is 2.26. The highest BCUT2D eigenvalue weighted by Gasteiger charge is 2.12. The van der Waals surface area contributed by atoms with E-state index in [2.05, 4.69) is 0 Å². The first-order valence-corrected chi connectivity index (χ1v) is 5.54. The first-order valence-electron chi connectivity index (χ1n) is 5.54. The number of hydrogen-bond acceptors (Lipinski definition) is 2. The van der Waals surface area contributed by atoms with E-state index in [0.29, 0.717) is 6.42 Å². The Hall–Kier alpha value is -0.370. The lowest BCUT2D eigenvalue weighted by Crippen LogP contribution is -2.14. The van der Waals surface area contributed by atoms with Crippen LogP contribution in [-0.4, -0.2) is 12.3 Å². The molecule has 0 heterocycles. The molecule has 0 unspecified atom stereocenters. The summed E-state index contributed by atoms with van der Waals surface area (Å²) in [4.78, 5) is 11.0. The Bertz CT molecular complexity index is 148. The SMILES string of the molecule is NCC(=O)CCC1CCCCCC1. The first-order chi connectivity index (χ1) is 6.33. The van der Waals surface area contributed by atoms with Gasteiger partial charge in [-0.15, -0.1) is 0 Å². The maximum absolute atomic E-state index is 11.0. The summed E-state index contributed by atoms with van der Waals surface area (Å²) < 4.78 is 0. The van der Waals surface area contributed by atoms with E-state index in [-0.39, 0.29) is 12.3 Å². The van der Waals surface area contributed by atoms with Crippen LogP contribution in [0.4, 0.5) is 0 Å². The Morgan fingerprint density at radius 3 is 2.31 bits per heavy atom. The lowest BCUT2D eigenvalue weighted by molar-refractivity contribution is -0.118. The third kappa shape index (κ3) is 4.41. The minimum Gasteiger partial charge on any atom is -0.324 e. The smallest absolute Gasteiger partial charge is 0.146 e. The maximum atomic E-state index is 11.0. The van der Waals surface area contributed by atoms with Crippen molar-refractivity contribution in [2.45, 2.75) is 51.4 Å². The lowest BCUT2D eigenvalue weighted by atomic mass is 9.94. The largest absolute Gasteiger partial charge is 0.324 e. The van der Waals surface area contributed by atoms with Crippen LogP contribution in [0.15, 0.2) is 0 Å². The summed E-state index contributed by atoms with van der Waals surface area (Å²) in [5, 5.41) is 0. The Morgan fingerprint density at radius 2 is 1.77 bits per heavy atom. The molecule has 0 aliphatic heterocycles. The van der Waals surface area contributed by atoms with Gasteiger partial charge in [-0.2, -0.15) is 0 Å². The summed E-state index contributed by atoms with van der Waals surface area (Å²) >= 11 is 0. The van der Waals surface area contributed by atoms with Crippen molar-refractivity contribution in [3.8, 4) is 0 Å². The molecule has 0 atom stereocenters. The van der Waals surface area contributed by atoms with Crippen molar-refractivity contribution in [2.24, 2.45) is 11.7 Å². The molecule has 0 amide bonds. The number of ketones is 1. The molecular formula is C11H21NO. The van der Waals surface area contributed by atoms with E-state index in [9.17, 15) is 4.79 Å². The fourth-order valence-corrected chi connectivity index (χ4v) is 2.12. The molecule has 76 valence electrons. The van der Waals surface area contributed by atoms with Gasteiger partial charge in [0.1, 0.15) is 5.78 Å². The molecule has 1 rings (SSSR count). The van der Waals surface area contributed by atoms with E-state index in [1.807, 2.05) is 0 Å². The van der Waals surface area contributed by atoms with Crippen molar-refractivity contribution < 1.29 is 4.79 Å². The van der Waals surface area contributed by atoms with Gasteiger partial charge >= 0.3 is 0 Å². The molecule has 0 bridgehead atoms. The molecule has 1 aliphatic carbocycles. The topological polar surface area (TPSA) is 43.1 Å². The molecule has 13 heavy (non-hydrogen) atoms. The zero-order valence-electron chi connectivity index (χ0n) is 8.43. The number of nitrogens with two attached hydrogens (primary N) is 1. The number of rotatable bonds is 4. The van der Waals surface area contributed by atoms with Crippen LogP contribution in [0.1, 0.15) is 51.4 Å². The molecule has 2 N–H and O–H groups in total. The van der Waals surface area contributed by atoms with Crippen LogP contribution in [0.2, 0.25) is 0 Å². The summed E-state index contributed by atoms with van der Waals surface area (Å²) in [7, 11) is 0. The van der Waals surface area contributed by atoms with Gasteiger partial charge in [-0.25, -0.2) is 0 Å². The second-order valence-electron chi connectivity index (χ2n) is 4.14. The third-order valence-corrected chi connectivity index (χ3v) is 3.03. The van der Waals surface area contributed by atoms with Crippen LogP contribution in [0.25, 0.3) is 0 Å². The van der Waals surface area contributed by atoms with Crippen LogP contribution in [0, 0.1) is 5.92 Å². The molecule has 1 aliphatic rings. The van der Waals surface area contributed by atoms with Crippen molar-refractivity contribution in [3.05, 3.63) is 0 Å². The van der Waals surface area contributed by atoms with Gasteiger partial charge in [0, 0.05) is 6.42 Å². The van der Waals surface area contributed by atoms with Crippen LogP contribution >= 0.6 is 0 Å². The predicted molar refractivity (Wildman–Crippen MR) is 54.5 cm³/mol. The van der Waals surface area contributed by atoms with Gasteiger partial charge < -0.3 is 5.73 Å². The zero-order valence-corrected chi connectivity index (χ0v) is 8.43.